The minimum absolute atomic E-state index is 0.541. The fourth-order valence-electron chi connectivity index (χ4n) is 1.62. The van der Waals surface area contributed by atoms with E-state index in [0.717, 1.165) is 38.4 Å². The Bertz CT molecular complexity index is 303. The monoisotopic (exact) mass is 232 g/mol. The number of anilines is 1. The summed E-state index contributed by atoms with van der Waals surface area (Å²) >= 11 is 7.12. The van der Waals surface area contributed by atoms with Crippen LogP contribution >= 0.6 is 23.3 Å². The molecular formula is C8H13ClN4S. The molecule has 0 N–H and O–H groups in total. The Kier molecular flexibility index (Phi) is 3.20. The zero-order chi connectivity index (χ0) is 9.97. The van der Waals surface area contributed by atoms with Gasteiger partial charge in [0.05, 0.1) is 11.7 Å². The Morgan fingerprint density at radius 2 is 2.07 bits per heavy atom. The first-order valence-corrected chi connectivity index (χ1v) is 5.80. The highest BCUT2D eigenvalue weighted by atomic mass is 35.5. The van der Waals surface area contributed by atoms with Crippen molar-refractivity contribution in [2.24, 2.45) is 0 Å². The standard InChI is InChI=1S/C8H13ClN4S/c1-12-3-2-4-13(6-5-12)8-7(9)10-14-11-8/h2-6H2,1H3. The topological polar surface area (TPSA) is 32.3 Å². The highest BCUT2D eigenvalue weighted by Crippen LogP contribution is 2.23. The summed E-state index contributed by atoms with van der Waals surface area (Å²) in [7, 11) is 2.14. The van der Waals surface area contributed by atoms with Crippen molar-refractivity contribution in [2.75, 3.05) is 38.1 Å². The van der Waals surface area contributed by atoms with Gasteiger partial charge in [-0.1, -0.05) is 11.6 Å². The van der Waals surface area contributed by atoms with E-state index >= 15 is 0 Å². The average Bonchev–Trinajstić information content (AvgIpc) is 2.46. The predicted molar refractivity (Wildman–Crippen MR) is 59.2 cm³/mol. The van der Waals surface area contributed by atoms with Crippen LogP contribution in [0.3, 0.4) is 0 Å². The third-order valence-corrected chi connectivity index (χ3v) is 3.32. The van der Waals surface area contributed by atoms with Crippen molar-refractivity contribution in [2.45, 2.75) is 6.42 Å². The molecule has 1 aromatic heterocycles. The number of hydrogen-bond donors (Lipinski definition) is 0. The van der Waals surface area contributed by atoms with E-state index in [2.05, 4.69) is 25.6 Å². The second kappa shape index (κ2) is 4.42. The Morgan fingerprint density at radius 3 is 2.79 bits per heavy atom. The zero-order valence-corrected chi connectivity index (χ0v) is 9.68. The van der Waals surface area contributed by atoms with Crippen LogP contribution in [-0.4, -0.2) is 46.9 Å². The highest BCUT2D eigenvalue weighted by Gasteiger charge is 2.17. The number of nitrogens with zero attached hydrogens (tertiary/aromatic N) is 4. The lowest BCUT2D eigenvalue weighted by molar-refractivity contribution is 0.360. The molecule has 4 nitrogen and oxygen atoms in total. The van der Waals surface area contributed by atoms with E-state index in [1.165, 1.54) is 11.7 Å². The first-order chi connectivity index (χ1) is 6.77. The fourth-order valence-corrected chi connectivity index (χ4v) is 2.40. The molecule has 0 spiro atoms. The Balaban J connectivity index is 2.08. The third kappa shape index (κ3) is 2.16. The Labute approximate surface area is 92.8 Å². The van der Waals surface area contributed by atoms with Gasteiger partial charge in [-0.05, 0) is 20.0 Å². The van der Waals surface area contributed by atoms with Crippen molar-refractivity contribution in [3.8, 4) is 0 Å². The largest absolute Gasteiger partial charge is 0.352 e. The number of rotatable bonds is 1. The maximum atomic E-state index is 5.94. The van der Waals surface area contributed by atoms with Gasteiger partial charge in [-0.15, -0.1) is 0 Å². The van der Waals surface area contributed by atoms with E-state index in [4.69, 9.17) is 11.6 Å². The molecule has 0 saturated carbocycles. The highest BCUT2D eigenvalue weighted by molar-refractivity contribution is 6.99. The summed E-state index contributed by atoms with van der Waals surface area (Å²) < 4.78 is 8.19. The molecule has 0 radical (unpaired) electrons. The van der Waals surface area contributed by atoms with Crippen LogP contribution in [0.1, 0.15) is 6.42 Å². The minimum Gasteiger partial charge on any atom is -0.352 e. The number of aromatic nitrogens is 2. The van der Waals surface area contributed by atoms with Gasteiger partial charge in [0.15, 0.2) is 11.0 Å². The molecule has 0 atom stereocenters. The average molecular weight is 233 g/mol. The summed E-state index contributed by atoms with van der Waals surface area (Å²) in [6.07, 6.45) is 1.16. The van der Waals surface area contributed by atoms with Gasteiger partial charge in [0.2, 0.25) is 0 Å². The van der Waals surface area contributed by atoms with Crippen LogP contribution < -0.4 is 4.90 Å². The van der Waals surface area contributed by atoms with Crippen LogP contribution in [0.5, 0.6) is 0 Å². The molecule has 78 valence electrons. The number of hydrogen-bond acceptors (Lipinski definition) is 5. The maximum Gasteiger partial charge on any atom is 0.187 e. The molecule has 0 amide bonds. The first-order valence-electron chi connectivity index (χ1n) is 4.69. The van der Waals surface area contributed by atoms with Crippen molar-refractivity contribution >= 4 is 29.1 Å². The lowest BCUT2D eigenvalue weighted by Gasteiger charge is -2.19. The lowest BCUT2D eigenvalue weighted by atomic mass is 10.4. The summed E-state index contributed by atoms with van der Waals surface area (Å²) in [6.45, 7) is 4.22. The molecule has 1 aliphatic heterocycles. The van der Waals surface area contributed by atoms with Gasteiger partial charge in [0.1, 0.15) is 0 Å². The van der Waals surface area contributed by atoms with Gasteiger partial charge < -0.3 is 9.80 Å². The van der Waals surface area contributed by atoms with Crippen molar-refractivity contribution < 1.29 is 0 Å². The van der Waals surface area contributed by atoms with Gasteiger partial charge in [-0.25, -0.2) is 0 Å². The van der Waals surface area contributed by atoms with E-state index in [1.807, 2.05) is 0 Å². The minimum atomic E-state index is 0.541. The summed E-state index contributed by atoms with van der Waals surface area (Å²) in [5.41, 5.74) is 0. The molecule has 0 aromatic carbocycles. The predicted octanol–water partition coefficient (Wildman–Crippen LogP) is 1.33. The summed E-state index contributed by atoms with van der Waals surface area (Å²) in [5.74, 6) is 0.854. The quantitative estimate of drug-likeness (QED) is 0.732. The second-order valence-electron chi connectivity index (χ2n) is 3.52. The van der Waals surface area contributed by atoms with Crippen molar-refractivity contribution in [1.82, 2.24) is 13.6 Å². The van der Waals surface area contributed by atoms with Crippen LogP contribution in [0, 0.1) is 0 Å². The van der Waals surface area contributed by atoms with Crippen LogP contribution in [0.4, 0.5) is 5.82 Å². The van der Waals surface area contributed by atoms with E-state index in [1.54, 1.807) is 0 Å². The van der Waals surface area contributed by atoms with Crippen molar-refractivity contribution in [1.29, 1.82) is 0 Å². The fraction of sp³-hybridized carbons (Fsp3) is 0.750. The first kappa shape index (κ1) is 10.1. The normalized spacial score (nSPS) is 19.7. The Morgan fingerprint density at radius 1 is 1.21 bits per heavy atom. The molecule has 2 heterocycles. The molecule has 6 heteroatoms. The molecule has 0 aliphatic carbocycles. The van der Waals surface area contributed by atoms with E-state index < -0.39 is 0 Å². The van der Waals surface area contributed by atoms with Gasteiger partial charge >= 0.3 is 0 Å². The summed E-state index contributed by atoms with van der Waals surface area (Å²) in [4.78, 5) is 4.54. The van der Waals surface area contributed by atoms with Crippen LogP contribution in [0.15, 0.2) is 0 Å². The third-order valence-electron chi connectivity index (χ3n) is 2.45. The zero-order valence-electron chi connectivity index (χ0n) is 8.11. The molecule has 2 rings (SSSR count). The van der Waals surface area contributed by atoms with E-state index in [-0.39, 0.29) is 0 Å². The molecule has 1 fully saturated rings. The maximum absolute atomic E-state index is 5.94. The van der Waals surface area contributed by atoms with Crippen molar-refractivity contribution in [3.63, 3.8) is 0 Å². The van der Waals surface area contributed by atoms with Crippen LogP contribution in [-0.2, 0) is 0 Å². The van der Waals surface area contributed by atoms with E-state index in [0.29, 0.717) is 5.15 Å². The number of likely N-dealkylation sites (N-methyl/N-ethyl adjacent to an activating group) is 1. The van der Waals surface area contributed by atoms with E-state index in [9.17, 15) is 0 Å². The summed E-state index contributed by atoms with van der Waals surface area (Å²) in [6, 6.07) is 0. The van der Waals surface area contributed by atoms with Gasteiger partial charge in [0, 0.05) is 19.6 Å². The van der Waals surface area contributed by atoms with Gasteiger partial charge in [-0.2, -0.15) is 8.75 Å². The van der Waals surface area contributed by atoms with Crippen molar-refractivity contribution in [3.05, 3.63) is 5.15 Å². The molecule has 0 unspecified atom stereocenters. The molecule has 1 saturated heterocycles. The molecule has 1 aromatic rings. The number of halogens is 1. The molecular weight excluding hydrogens is 220 g/mol. The molecule has 1 aliphatic rings. The van der Waals surface area contributed by atoms with Crippen LogP contribution in [0.2, 0.25) is 5.15 Å². The van der Waals surface area contributed by atoms with Crippen LogP contribution in [0.25, 0.3) is 0 Å². The van der Waals surface area contributed by atoms with Gasteiger partial charge in [0.25, 0.3) is 0 Å². The molecule has 14 heavy (non-hydrogen) atoms. The lowest BCUT2D eigenvalue weighted by Crippen LogP contribution is -2.29. The van der Waals surface area contributed by atoms with Gasteiger partial charge in [-0.3, -0.25) is 0 Å². The molecule has 0 bridgehead atoms. The Hall–Kier alpha value is -0.390. The second-order valence-corrected chi connectivity index (χ2v) is 4.41. The smallest absolute Gasteiger partial charge is 0.187 e. The SMILES string of the molecule is CN1CCCN(c2nsnc2Cl)CC1. The summed E-state index contributed by atoms with van der Waals surface area (Å²) in [5, 5.41) is 0.541.